The standard InChI is InChI=1S/C13H16F3NO2/c1-9(2)17(8-13(14,15)16)7-10-5-3-4-6-11(10)12(18)19/h3-6,9H,7-8H2,1-2H3,(H,18,19). The molecule has 0 aliphatic heterocycles. The summed E-state index contributed by atoms with van der Waals surface area (Å²) in [4.78, 5) is 12.2. The molecule has 1 aromatic carbocycles. The average Bonchev–Trinajstić information content (AvgIpc) is 2.26. The predicted octanol–water partition coefficient (Wildman–Crippen LogP) is 3.16. The number of hydrogen-bond acceptors (Lipinski definition) is 2. The van der Waals surface area contributed by atoms with Gasteiger partial charge in [-0.3, -0.25) is 4.90 Å². The van der Waals surface area contributed by atoms with Gasteiger partial charge in [0.15, 0.2) is 0 Å². The average molecular weight is 275 g/mol. The molecule has 0 unspecified atom stereocenters. The van der Waals surface area contributed by atoms with Crippen molar-refractivity contribution in [3.8, 4) is 0 Å². The van der Waals surface area contributed by atoms with E-state index in [0.29, 0.717) is 5.56 Å². The number of carboxylic acid groups (broad SMARTS) is 1. The summed E-state index contributed by atoms with van der Waals surface area (Å²) in [5, 5.41) is 9.01. The third-order valence-corrected chi connectivity index (χ3v) is 2.73. The molecular weight excluding hydrogens is 259 g/mol. The number of hydrogen-bond donors (Lipinski definition) is 1. The van der Waals surface area contributed by atoms with Crippen LogP contribution in [0.25, 0.3) is 0 Å². The van der Waals surface area contributed by atoms with Crippen LogP contribution in [0.15, 0.2) is 24.3 Å². The first-order chi connectivity index (χ1) is 8.70. The number of carbonyl (C=O) groups is 1. The molecule has 0 aliphatic carbocycles. The molecule has 1 N–H and O–H groups in total. The summed E-state index contributed by atoms with van der Waals surface area (Å²) in [7, 11) is 0. The fourth-order valence-electron chi connectivity index (χ4n) is 1.74. The van der Waals surface area contributed by atoms with Gasteiger partial charge in [-0.2, -0.15) is 13.2 Å². The van der Waals surface area contributed by atoms with Gasteiger partial charge in [-0.1, -0.05) is 18.2 Å². The quantitative estimate of drug-likeness (QED) is 0.897. The summed E-state index contributed by atoms with van der Waals surface area (Å²) in [6.45, 7) is 2.20. The Labute approximate surface area is 109 Å². The topological polar surface area (TPSA) is 40.5 Å². The maximum atomic E-state index is 12.5. The van der Waals surface area contributed by atoms with Crippen LogP contribution in [-0.2, 0) is 6.54 Å². The van der Waals surface area contributed by atoms with E-state index in [2.05, 4.69) is 0 Å². The van der Waals surface area contributed by atoms with Gasteiger partial charge in [0.2, 0.25) is 0 Å². The molecule has 0 fully saturated rings. The van der Waals surface area contributed by atoms with E-state index in [-0.39, 0.29) is 18.2 Å². The van der Waals surface area contributed by atoms with Crippen LogP contribution in [-0.4, -0.2) is 34.7 Å². The molecule has 0 saturated heterocycles. The Hall–Kier alpha value is -1.56. The first-order valence-corrected chi connectivity index (χ1v) is 5.82. The lowest BCUT2D eigenvalue weighted by Gasteiger charge is -2.27. The largest absolute Gasteiger partial charge is 0.478 e. The van der Waals surface area contributed by atoms with E-state index in [4.69, 9.17) is 5.11 Å². The molecule has 1 rings (SSSR count). The molecule has 19 heavy (non-hydrogen) atoms. The van der Waals surface area contributed by atoms with Crippen LogP contribution in [0.2, 0.25) is 0 Å². The molecule has 1 aromatic rings. The van der Waals surface area contributed by atoms with Gasteiger partial charge >= 0.3 is 12.1 Å². The van der Waals surface area contributed by atoms with Crippen molar-refractivity contribution in [1.82, 2.24) is 4.90 Å². The molecule has 0 aliphatic rings. The van der Waals surface area contributed by atoms with Crippen LogP contribution in [0.1, 0.15) is 29.8 Å². The lowest BCUT2D eigenvalue weighted by atomic mass is 10.1. The minimum Gasteiger partial charge on any atom is -0.478 e. The highest BCUT2D eigenvalue weighted by Gasteiger charge is 2.32. The van der Waals surface area contributed by atoms with E-state index in [1.54, 1.807) is 26.0 Å². The van der Waals surface area contributed by atoms with Gasteiger partial charge in [0.05, 0.1) is 12.1 Å². The van der Waals surface area contributed by atoms with E-state index in [0.717, 1.165) is 0 Å². The first kappa shape index (κ1) is 15.5. The van der Waals surface area contributed by atoms with Crippen LogP contribution < -0.4 is 0 Å². The second kappa shape index (κ2) is 6.06. The van der Waals surface area contributed by atoms with Crippen molar-refractivity contribution in [1.29, 1.82) is 0 Å². The van der Waals surface area contributed by atoms with Crippen LogP contribution in [0, 0.1) is 0 Å². The molecule has 0 aromatic heterocycles. The van der Waals surface area contributed by atoms with Crippen molar-refractivity contribution in [2.75, 3.05) is 6.54 Å². The van der Waals surface area contributed by atoms with Crippen molar-refractivity contribution in [2.24, 2.45) is 0 Å². The van der Waals surface area contributed by atoms with Gasteiger partial charge < -0.3 is 5.11 Å². The normalized spacial score (nSPS) is 12.2. The molecule has 0 bridgehead atoms. The van der Waals surface area contributed by atoms with E-state index in [1.807, 2.05) is 0 Å². The van der Waals surface area contributed by atoms with Gasteiger partial charge in [-0.05, 0) is 25.5 Å². The highest BCUT2D eigenvalue weighted by molar-refractivity contribution is 5.89. The molecule has 3 nitrogen and oxygen atoms in total. The zero-order valence-corrected chi connectivity index (χ0v) is 10.7. The van der Waals surface area contributed by atoms with E-state index in [1.165, 1.54) is 17.0 Å². The Morgan fingerprint density at radius 1 is 1.32 bits per heavy atom. The molecule has 0 atom stereocenters. The molecule has 0 spiro atoms. The Balaban J connectivity index is 2.94. The number of halogens is 3. The Morgan fingerprint density at radius 2 is 1.89 bits per heavy atom. The number of carboxylic acids is 1. The van der Waals surface area contributed by atoms with Gasteiger partial charge in [0, 0.05) is 12.6 Å². The molecule has 0 heterocycles. The summed E-state index contributed by atoms with van der Waals surface area (Å²) in [5.41, 5.74) is 0.420. The molecular formula is C13H16F3NO2. The van der Waals surface area contributed by atoms with Crippen LogP contribution in [0.3, 0.4) is 0 Å². The van der Waals surface area contributed by atoms with Crippen LogP contribution in [0.5, 0.6) is 0 Å². The Morgan fingerprint density at radius 3 is 2.37 bits per heavy atom. The summed E-state index contributed by atoms with van der Waals surface area (Å²) < 4.78 is 37.4. The van der Waals surface area contributed by atoms with Gasteiger partial charge in [0.25, 0.3) is 0 Å². The molecule has 0 amide bonds. The van der Waals surface area contributed by atoms with Gasteiger partial charge in [-0.15, -0.1) is 0 Å². The van der Waals surface area contributed by atoms with Gasteiger partial charge in [-0.25, -0.2) is 4.79 Å². The van der Waals surface area contributed by atoms with E-state index in [9.17, 15) is 18.0 Å². The third-order valence-electron chi connectivity index (χ3n) is 2.73. The minimum absolute atomic E-state index is 0.0373. The second-order valence-corrected chi connectivity index (χ2v) is 4.58. The van der Waals surface area contributed by atoms with E-state index < -0.39 is 18.7 Å². The maximum absolute atomic E-state index is 12.5. The van der Waals surface area contributed by atoms with Crippen molar-refractivity contribution >= 4 is 5.97 Å². The molecule has 106 valence electrons. The minimum atomic E-state index is -4.30. The van der Waals surface area contributed by atoms with Gasteiger partial charge in [0.1, 0.15) is 0 Å². The number of benzene rings is 1. The molecule has 0 saturated carbocycles. The zero-order valence-electron chi connectivity index (χ0n) is 10.7. The smallest absolute Gasteiger partial charge is 0.401 e. The fourth-order valence-corrected chi connectivity index (χ4v) is 1.74. The zero-order chi connectivity index (χ0) is 14.6. The van der Waals surface area contributed by atoms with E-state index >= 15 is 0 Å². The van der Waals surface area contributed by atoms with Crippen molar-refractivity contribution in [3.63, 3.8) is 0 Å². The monoisotopic (exact) mass is 275 g/mol. The van der Waals surface area contributed by atoms with Crippen LogP contribution in [0.4, 0.5) is 13.2 Å². The fraction of sp³-hybridized carbons (Fsp3) is 0.462. The van der Waals surface area contributed by atoms with Crippen molar-refractivity contribution < 1.29 is 23.1 Å². The van der Waals surface area contributed by atoms with Crippen molar-refractivity contribution in [2.45, 2.75) is 32.6 Å². The number of rotatable bonds is 5. The molecule has 0 radical (unpaired) electrons. The Kier molecular flexibility index (Phi) is 4.94. The van der Waals surface area contributed by atoms with Crippen LogP contribution >= 0.6 is 0 Å². The SMILES string of the molecule is CC(C)N(Cc1ccccc1C(=O)O)CC(F)(F)F. The lowest BCUT2D eigenvalue weighted by molar-refractivity contribution is -0.150. The number of alkyl halides is 3. The third kappa shape index (κ3) is 4.90. The number of nitrogens with zero attached hydrogens (tertiary/aromatic N) is 1. The van der Waals surface area contributed by atoms with Crippen molar-refractivity contribution in [3.05, 3.63) is 35.4 Å². The Bertz CT molecular complexity index is 444. The summed E-state index contributed by atoms with van der Waals surface area (Å²) in [5.74, 6) is -1.13. The maximum Gasteiger partial charge on any atom is 0.401 e. The predicted molar refractivity (Wildman–Crippen MR) is 65.0 cm³/mol. The first-order valence-electron chi connectivity index (χ1n) is 5.82. The summed E-state index contributed by atoms with van der Waals surface area (Å²) >= 11 is 0. The highest BCUT2D eigenvalue weighted by Crippen LogP contribution is 2.21. The lowest BCUT2D eigenvalue weighted by Crippen LogP contribution is -2.38. The highest BCUT2D eigenvalue weighted by atomic mass is 19.4. The second-order valence-electron chi connectivity index (χ2n) is 4.58. The summed E-state index contributed by atoms with van der Waals surface area (Å²) in [6, 6.07) is 5.77. The number of aromatic carboxylic acids is 1. The molecule has 6 heteroatoms. The summed E-state index contributed by atoms with van der Waals surface area (Å²) in [6.07, 6.45) is -4.30.